The minimum Gasteiger partial charge on any atom is -0.357 e. The SMILES string of the molecule is CNC(=O)C1Cc2ccccc2N1C(=O)C(C)C. The summed E-state index contributed by atoms with van der Waals surface area (Å²) in [5.41, 5.74) is 1.92. The van der Waals surface area contributed by atoms with Gasteiger partial charge in [-0.15, -0.1) is 0 Å². The molecule has 4 nitrogen and oxygen atoms in total. The van der Waals surface area contributed by atoms with Crippen LogP contribution in [0, 0.1) is 5.92 Å². The second-order valence-corrected chi connectivity index (χ2v) is 4.83. The predicted octanol–water partition coefficient (Wildman–Crippen LogP) is 1.35. The Morgan fingerprint density at radius 2 is 2.00 bits per heavy atom. The molecule has 0 saturated carbocycles. The van der Waals surface area contributed by atoms with Gasteiger partial charge in [-0.2, -0.15) is 0 Å². The maximum Gasteiger partial charge on any atom is 0.243 e. The van der Waals surface area contributed by atoms with Gasteiger partial charge in [0.05, 0.1) is 0 Å². The van der Waals surface area contributed by atoms with Crippen LogP contribution in [0.3, 0.4) is 0 Å². The zero-order valence-electron chi connectivity index (χ0n) is 10.9. The first-order valence-corrected chi connectivity index (χ1v) is 6.18. The molecule has 1 aliphatic rings. The Kier molecular flexibility index (Phi) is 3.36. The Balaban J connectivity index is 2.42. The quantitative estimate of drug-likeness (QED) is 0.856. The molecule has 96 valence electrons. The normalized spacial score (nSPS) is 17.8. The summed E-state index contributed by atoms with van der Waals surface area (Å²) >= 11 is 0. The highest BCUT2D eigenvalue weighted by Gasteiger charge is 2.38. The van der Waals surface area contributed by atoms with Gasteiger partial charge in [0.25, 0.3) is 0 Å². The average Bonchev–Trinajstić information content (AvgIpc) is 2.75. The number of carbonyl (C=O) groups excluding carboxylic acids is 2. The van der Waals surface area contributed by atoms with Gasteiger partial charge < -0.3 is 5.32 Å². The highest BCUT2D eigenvalue weighted by molar-refractivity contribution is 6.04. The summed E-state index contributed by atoms with van der Waals surface area (Å²) in [6.45, 7) is 3.70. The Morgan fingerprint density at radius 3 is 2.61 bits per heavy atom. The largest absolute Gasteiger partial charge is 0.357 e. The molecule has 0 aliphatic carbocycles. The van der Waals surface area contributed by atoms with E-state index >= 15 is 0 Å². The highest BCUT2D eigenvalue weighted by Crippen LogP contribution is 2.33. The minimum atomic E-state index is -0.415. The van der Waals surface area contributed by atoms with E-state index in [0.29, 0.717) is 6.42 Å². The lowest BCUT2D eigenvalue weighted by molar-refractivity contribution is -0.127. The summed E-state index contributed by atoms with van der Waals surface area (Å²) in [6.07, 6.45) is 0.592. The van der Waals surface area contributed by atoms with Gasteiger partial charge in [0.1, 0.15) is 6.04 Å². The van der Waals surface area contributed by atoms with E-state index in [2.05, 4.69) is 5.32 Å². The first-order chi connectivity index (χ1) is 8.56. The zero-order valence-corrected chi connectivity index (χ0v) is 10.9. The Bertz CT molecular complexity index is 482. The zero-order chi connectivity index (χ0) is 13.3. The summed E-state index contributed by atoms with van der Waals surface area (Å²) in [4.78, 5) is 25.8. The van der Waals surface area contributed by atoms with E-state index in [1.165, 1.54) is 0 Å². The van der Waals surface area contributed by atoms with Crippen molar-refractivity contribution in [3.05, 3.63) is 29.8 Å². The summed E-state index contributed by atoms with van der Waals surface area (Å²) < 4.78 is 0. The van der Waals surface area contributed by atoms with Crippen molar-refractivity contribution >= 4 is 17.5 Å². The van der Waals surface area contributed by atoms with Crippen molar-refractivity contribution in [2.75, 3.05) is 11.9 Å². The third-order valence-electron chi connectivity index (χ3n) is 3.26. The molecule has 1 N–H and O–H groups in total. The molecule has 18 heavy (non-hydrogen) atoms. The topological polar surface area (TPSA) is 49.4 Å². The van der Waals surface area contributed by atoms with E-state index in [-0.39, 0.29) is 17.7 Å². The monoisotopic (exact) mass is 246 g/mol. The molecule has 1 unspecified atom stereocenters. The van der Waals surface area contributed by atoms with Crippen LogP contribution < -0.4 is 10.2 Å². The van der Waals surface area contributed by atoms with Gasteiger partial charge in [0.2, 0.25) is 11.8 Å². The molecule has 4 heteroatoms. The maximum atomic E-state index is 12.3. The second kappa shape index (κ2) is 4.80. The summed E-state index contributed by atoms with van der Waals surface area (Å²) in [6, 6.07) is 7.29. The second-order valence-electron chi connectivity index (χ2n) is 4.83. The van der Waals surface area contributed by atoms with Gasteiger partial charge in [-0.3, -0.25) is 14.5 Å². The number of benzene rings is 1. The van der Waals surface area contributed by atoms with Crippen molar-refractivity contribution in [3.63, 3.8) is 0 Å². The summed E-state index contributed by atoms with van der Waals surface area (Å²) in [5, 5.41) is 2.63. The van der Waals surface area contributed by atoms with Crippen LogP contribution in [-0.4, -0.2) is 24.9 Å². The van der Waals surface area contributed by atoms with Crippen molar-refractivity contribution in [1.82, 2.24) is 5.32 Å². The molecule has 1 aromatic rings. The lowest BCUT2D eigenvalue weighted by Gasteiger charge is -2.26. The number of hydrogen-bond donors (Lipinski definition) is 1. The van der Waals surface area contributed by atoms with Gasteiger partial charge in [-0.25, -0.2) is 0 Å². The smallest absolute Gasteiger partial charge is 0.243 e. The third-order valence-corrected chi connectivity index (χ3v) is 3.26. The van der Waals surface area contributed by atoms with Crippen molar-refractivity contribution in [3.8, 4) is 0 Å². The van der Waals surface area contributed by atoms with Gasteiger partial charge >= 0.3 is 0 Å². The van der Waals surface area contributed by atoms with E-state index in [9.17, 15) is 9.59 Å². The first kappa shape index (κ1) is 12.6. The van der Waals surface area contributed by atoms with Crippen molar-refractivity contribution in [2.24, 2.45) is 5.92 Å². The number of amides is 2. The number of fused-ring (bicyclic) bond motifs is 1. The molecule has 1 heterocycles. The molecule has 0 fully saturated rings. The van der Waals surface area contributed by atoms with Crippen molar-refractivity contribution in [1.29, 1.82) is 0 Å². The number of rotatable bonds is 2. The van der Waals surface area contributed by atoms with Gasteiger partial charge in [0.15, 0.2) is 0 Å². The lowest BCUT2D eigenvalue weighted by atomic mass is 10.1. The average molecular weight is 246 g/mol. The Labute approximate surface area is 107 Å². The number of likely N-dealkylation sites (N-methyl/N-ethyl adjacent to an activating group) is 1. The van der Waals surface area contributed by atoms with Crippen LogP contribution in [0.25, 0.3) is 0 Å². The first-order valence-electron chi connectivity index (χ1n) is 6.18. The number of carbonyl (C=O) groups is 2. The molecule has 1 aromatic carbocycles. The Hall–Kier alpha value is -1.84. The van der Waals surface area contributed by atoms with E-state index in [0.717, 1.165) is 11.3 Å². The molecule has 1 aliphatic heterocycles. The lowest BCUT2D eigenvalue weighted by Crippen LogP contribution is -2.48. The molecular weight excluding hydrogens is 228 g/mol. The molecule has 0 radical (unpaired) electrons. The Morgan fingerprint density at radius 1 is 1.33 bits per heavy atom. The van der Waals surface area contributed by atoms with Crippen LogP contribution >= 0.6 is 0 Å². The maximum absolute atomic E-state index is 12.3. The van der Waals surface area contributed by atoms with Crippen LogP contribution in [0.5, 0.6) is 0 Å². The van der Waals surface area contributed by atoms with Crippen LogP contribution in [0.2, 0.25) is 0 Å². The molecule has 2 rings (SSSR count). The van der Waals surface area contributed by atoms with Crippen molar-refractivity contribution < 1.29 is 9.59 Å². The summed E-state index contributed by atoms with van der Waals surface area (Å²) in [5.74, 6) is -0.239. The predicted molar refractivity (Wildman–Crippen MR) is 70.3 cm³/mol. The van der Waals surface area contributed by atoms with Gasteiger partial charge in [-0.1, -0.05) is 32.0 Å². The van der Waals surface area contributed by atoms with E-state index in [4.69, 9.17) is 0 Å². The van der Waals surface area contributed by atoms with Gasteiger partial charge in [-0.05, 0) is 11.6 Å². The number of nitrogens with one attached hydrogen (secondary N) is 1. The van der Waals surface area contributed by atoms with Crippen LogP contribution in [-0.2, 0) is 16.0 Å². The van der Waals surface area contributed by atoms with Crippen LogP contribution in [0.1, 0.15) is 19.4 Å². The van der Waals surface area contributed by atoms with E-state index in [1.807, 2.05) is 38.1 Å². The molecule has 0 spiro atoms. The molecule has 0 bridgehead atoms. The fourth-order valence-electron chi connectivity index (χ4n) is 2.31. The fraction of sp³-hybridized carbons (Fsp3) is 0.429. The van der Waals surface area contributed by atoms with Crippen LogP contribution in [0.15, 0.2) is 24.3 Å². The number of para-hydroxylation sites is 1. The fourth-order valence-corrected chi connectivity index (χ4v) is 2.31. The standard InChI is InChI=1S/C14H18N2O2/c1-9(2)14(18)16-11-7-5-4-6-10(11)8-12(16)13(17)15-3/h4-7,9,12H,8H2,1-3H3,(H,15,17). The number of hydrogen-bond acceptors (Lipinski definition) is 2. The molecule has 0 aromatic heterocycles. The highest BCUT2D eigenvalue weighted by atomic mass is 16.2. The van der Waals surface area contributed by atoms with Gasteiger partial charge in [0, 0.05) is 25.1 Å². The number of nitrogens with zero attached hydrogens (tertiary/aromatic N) is 1. The number of anilines is 1. The minimum absolute atomic E-state index is 0.00597. The molecule has 2 amide bonds. The third kappa shape index (κ3) is 1.98. The molecule has 0 saturated heterocycles. The van der Waals surface area contributed by atoms with E-state index in [1.54, 1.807) is 11.9 Å². The van der Waals surface area contributed by atoms with Crippen molar-refractivity contribution in [2.45, 2.75) is 26.3 Å². The van der Waals surface area contributed by atoms with E-state index < -0.39 is 6.04 Å². The van der Waals surface area contributed by atoms with Crippen LogP contribution in [0.4, 0.5) is 5.69 Å². The molecule has 1 atom stereocenters. The molecular formula is C14H18N2O2. The summed E-state index contributed by atoms with van der Waals surface area (Å²) in [7, 11) is 1.60.